The summed E-state index contributed by atoms with van der Waals surface area (Å²) in [6.07, 6.45) is 0. The van der Waals surface area contributed by atoms with Gasteiger partial charge in [0.25, 0.3) is 0 Å². The molecule has 0 unspecified atom stereocenters. The molecule has 0 aliphatic rings. The lowest BCUT2D eigenvalue weighted by Gasteiger charge is -2.20. The van der Waals surface area contributed by atoms with E-state index in [0.717, 1.165) is 6.07 Å². The van der Waals surface area contributed by atoms with Crippen molar-refractivity contribution in [3.63, 3.8) is 0 Å². The second-order valence-corrected chi connectivity index (χ2v) is 10.8. The highest BCUT2D eigenvalue weighted by atomic mass is 16.3. The van der Waals surface area contributed by atoms with E-state index in [2.05, 4.69) is 0 Å². The number of benzene rings is 9. The van der Waals surface area contributed by atoms with Crippen LogP contribution in [0.15, 0.2) is 186 Å². The second kappa shape index (κ2) is 11.1. The van der Waals surface area contributed by atoms with Crippen molar-refractivity contribution in [2.75, 3.05) is 0 Å². The van der Waals surface area contributed by atoms with Crippen LogP contribution in [-0.2, 0) is 0 Å². The Morgan fingerprint density at radius 3 is 1.73 bits per heavy atom. The first-order valence-electron chi connectivity index (χ1n) is 27.7. The summed E-state index contributed by atoms with van der Waals surface area (Å²) < 4.78 is 240. The molecule has 228 valence electrons. The van der Waals surface area contributed by atoms with E-state index in [0.29, 0.717) is 0 Å². The third-order valence-corrected chi connectivity index (χ3v) is 8.24. The van der Waals surface area contributed by atoms with Crippen LogP contribution in [0.3, 0.4) is 0 Å². The molecule has 0 radical (unpaired) electrons. The van der Waals surface area contributed by atoms with Crippen molar-refractivity contribution >= 4 is 54.3 Å². The van der Waals surface area contributed by atoms with Crippen molar-refractivity contribution in [3.8, 4) is 44.5 Å². The SMILES string of the molecule is [2H]c1cc(-c2c([2H])c([2H])c([2H])c([2H])c2[2H])c(-c2c3c([2H])c([2H])c([2H])c([2H])c3c(-c3cccc4oc5c([2H])c([2H])c([2H])c(-c6c([2H])c([2H])c7c([2H])c([2H])c([2H])c([2H])c7c6[2H])c5c34)c3c([2H])c([2H])c([2H])c([2H])c23)c([2H])c1[2H]. The lowest BCUT2D eigenvalue weighted by molar-refractivity contribution is 0.669. The Hall–Kier alpha value is -6.44. The van der Waals surface area contributed by atoms with Crippen molar-refractivity contribution in [3.05, 3.63) is 181 Å². The van der Waals surface area contributed by atoms with Crippen LogP contribution in [0.5, 0.6) is 0 Å². The smallest absolute Gasteiger partial charge is 0.136 e. The predicted molar refractivity (Wildman–Crippen MR) is 208 cm³/mol. The molecule has 1 aromatic heterocycles. The molecule has 0 aliphatic heterocycles. The highest BCUT2D eigenvalue weighted by molar-refractivity contribution is 6.27. The van der Waals surface area contributed by atoms with Crippen molar-refractivity contribution in [2.45, 2.75) is 0 Å². The minimum absolute atomic E-state index is 0.192. The molecule has 0 spiro atoms. The maximum Gasteiger partial charge on any atom is 0.136 e. The van der Waals surface area contributed by atoms with Crippen LogP contribution in [-0.4, -0.2) is 0 Å². The van der Waals surface area contributed by atoms with Gasteiger partial charge in [0.15, 0.2) is 0 Å². The molecule has 0 bridgehead atoms. The van der Waals surface area contributed by atoms with Gasteiger partial charge in [0.2, 0.25) is 0 Å². The molecule has 0 fully saturated rings. The van der Waals surface area contributed by atoms with E-state index in [4.69, 9.17) is 29.1 Å². The summed E-state index contributed by atoms with van der Waals surface area (Å²) in [6.45, 7) is 0. The van der Waals surface area contributed by atoms with Crippen LogP contribution in [0.2, 0.25) is 0 Å². The van der Waals surface area contributed by atoms with Gasteiger partial charge >= 0.3 is 0 Å². The number of furan rings is 1. The Kier molecular flexibility index (Phi) is 2.76. The number of hydrogen-bond acceptors (Lipinski definition) is 1. The Labute approximate surface area is 320 Å². The average molecular weight is 649 g/mol. The van der Waals surface area contributed by atoms with Gasteiger partial charge in [-0.2, -0.15) is 0 Å². The van der Waals surface area contributed by atoms with E-state index in [1.807, 2.05) is 0 Å². The summed E-state index contributed by atoms with van der Waals surface area (Å²) in [5, 5.41) is -3.78. The summed E-state index contributed by atoms with van der Waals surface area (Å²) in [4.78, 5) is 0. The number of fused-ring (bicyclic) bond motifs is 6. The third-order valence-electron chi connectivity index (χ3n) is 8.24. The summed E-state index contributed by atoms with van der Waals surface area (Å²) in [7, 11) is 0. The molecule has 0 saturated carbocycles. The predicted octanol–water partition coefficient (Wildman–Crippen LogP) is 13.7. The molecule has 9 aromatic carbocycles. The van der Waals surface area contributed by atoms with Gasteiger partial charge in [0, 0.05) is 10.8 Å². The van der Waals surface area contributed by atoms with Gasteiger partial charge in [-0.1, -0.05) is 163 Å². The average Bonchev–Trinajstić information content (AvgIpc) is 3.78. The van der Waals surface area contributed by atoms with E-state index in [-0.39, 0.29) is 21.9 Å². The van der Waals surface area contributed by atoms with E-state index >= 15 is 0 Å². The van der Waals surface area contributed by atoms with Gasteiger partial charge in [0.05, 0.1) is 35.6 Å². The molecular formula is C48H30O. The summed E-state index contributed by atoms with van der Waals surface area (Å²) >= 11 is 0. The highest BCUT2D eigenvalue weighted by Crippen LogP contribution is 2.49. The molecular weight excluding hydrogens is 593 g/mol. The first-order valence-corrected chi connectivity index (χ1v) is 14.7. The monoisotopic (exact) mass is 648 g/mol. The second-order valence-electron chi connectivity index (χ2n) is 10.8. The first kappa shape index (κ1) is 12.2. The Morgan fingerprint density at radius 2 is 0.980 bits per heavy atom. The lowest BCUT2D eigenvalue weighted by atomic mass is 9.83. The summed E-state index contributed by atoms with van der Waals surface area (Å²) in [5.41, 5.74) is -4.75. The zero-order valence-electron chi connectivity index (χ0n) is 50.7. The lowest BCUT2D eigenvalue weighted by Crippen LogP contribution is -1.93. The van der Waals surface area contributed by atoms with Crippen molar-refractivity contribution in [2.24, 2.45) is 0 Å². The molecule has 0 aliphatic carbocycles. The van der Waals surface area contributed by atoms with Crippen LogP contribution < -0.4 is 0 Å². The molecule has 10 rings (SSSR count). The van der Waals surface area contributed by atoms with E-state index in [1.165, 1.54) is 18.2 Å². The summed E-state index contributed by atoms with van der Waals surface area (Å²) in [5.74, 6) is 0. The maximum absolute atomic E-state index is 9.63. The van der Waals surface area contributed by atoms with E-state index in [9.17, 15) is 11.0 Å². The van der Waals surface area contributed by atoms with Crippen LogP contribution >= 0.6 is 0 Å². The summed E-state index contributed by atoms with van der Waals surface area (Å²) in [6, 6.07) is -16.6. The fourth-order valence-electron chi connectivity index (χ4n) is 6.26. The van der Waals surface area contributed by atoms with Gasteiger partial charge in [-0.15, -0.1) is 0 Å². The van der Waals surface area contributed by atoms with E-state index in [1.54, 1.807) is 0 Å². The number of rotatable bonds is 4. The standard InChI is InChI=1S/C48H30O/c1-2-15-32(16-3-1)35-18-6-7-19-37(35)45-38-20-8-10-22-40(38)46(41-23-11-9-21-39(41)45)42-25-13-27-44-48(42)47-36(24-12-26-43(47)49-44)34-29-28-31-14-4-5-17-33(31)30-34/h1-30H/i1D,2D,3D,4D,5D,6D,7D,8D,9D,10D,11D,12D,14D,15D,16D,17D,19D,20D,21D,22D,23D,24D,26D,28D,29D,30D. The zero-order chi connectivity index (χ0) is 54.9. The van der Waals surface area contributed by atoms with Gasteiger partial charge < -0.3 is 4.42 Å². The fourth-order valence-corrected chi connectivity index (χ4v) is 6.26. The minimum atomic E-state index is -0.916. The topological polar surface area (TPSA) is 13.1 Å². The molecule has 0 amide bonds. The molecule has 49 heavy (non-hydrogen) atoms. The molecule has 10 aromatic rings. The Bertz CT molecular complexity index is 4260. The molecule has 1 heteroatoms. The van der Waals surface area contributed by atoms with Crippen LogP contribution in [0.25, 0.3) is 98.8 Å². The quantitative estimate of drug-likeness (QED) is 0.173. The number of hydrogen-bond donors (Lipinski definition) is 0. The zero-order valence-corrected chi connectivity index (χ0v) is 24.7. The van der Waals surface area contributed by atoms with Crippen molar-refractivity contribution in [1.82, 2.24) is 0 Å². The Morgan fingerprint density at radius 1 is 0.367 bits per heavy atom. The third kappa shape index (κ3) is 4.33. The maximum atomic E-state index is 9.63. The van der Waals surface area contributed by atoms with Gasteiger partial charge in [-0.05, 0) is 95.0 Å². The molecule has 0 saturated heterocycles. The van der Waals surface area contributed by atoms with Gasteiger partial charge in [0.1, 0.15) is 11.2 Å². The normalized spacial score (nSPS) is 19.1. The highest BCUT2D eigenvalue weighted by Gasteiger charge is 2.22. The van der Waals surface area contributed by atoms with Crippen molar-refractivity contribution in [1.29, 1.82) is 0 Å². The molecule has 1 heterocycles. The van der Waals surface area contributed by atoms with Crippen LogP contribution in [0, 0.1) is 0 Å². The molecule has 0 atom stereocenters. The van der Waals surface area contributed by atoms with E-state index < -0.39 is 234 Å². The molecule has 1 nitrogen and oxygen atoms in total. The first-order chi connectivity index (χ1) is 35.1. The fraction of sp³-hybridized carbons (Fsp3) is 0. The van der Waals surface area contributed by atoms with Crippen LogP contribution in [0.4, 0.5) is 0 Å². The minimum Gasteiger partial charge on any atom is -0.456 e. The van der Waals surface area contributed by atoms with Gasteiger partial charge in [-0.25, -0.2) is 0 Å². The van der Waals surface area contributed by atoms with Crippen molar-refractivity contribution < 1.29 is 40.1 Å². The van der Waals surface area contributed by atoms with Crippen LogP contribution in [0.1, 0.15) is 35.6 Å². The largest absolute Gasteiger partial charge is 0.456 e. The Balaban J connectivity index is 1.52. The molecule has 0 N–H and O–H groups in total. The van der Waals surface area contributed by atoms with Gasteiger partial charge in [-0.3, -0.25) is 0 Å².